The minimum absolute atomic E-state index is 0.153. The van der Waals surface area contributed by atoms with E-state index in [9.17, 15) is 14.7 Å². The smallest absolute Gasteiger partial charge is 0.226 e. The van der Waals surface area contributed by atoms with Gasteiger partial charge in [-0.2, -0.15) is 0 Å². The first-order valence-corrected chi connectivity index (χ1v) is 9.40. The van der Waals surface area contributed by atoms with Crippen LogP contribution in [-0.4, -0.2) is 21.7 Å². The summed E-state index contributed by atoms with van der Waals surface area (Å²) in [6.45, 7) is 1.99. The van der Waals surface area contributed by atoms with Crippen LogP contribution in [0.25, 0.3) is 12.2 Å². The van der Waals surface area contributed by atoms with Crippen LogP contribution < -0.4 is 4.74 Å². The van der Waals surface area contributed by atoms with Crippen LogP contribution in [0, 0.1) is 6.92 Å². The monoisotopic (exact) mass is 399 g/mol. The Morgan fingerprint density at radius 3 is 2.30 bits per heavy atom. The van der Waals surface area contributed by atoms with Crippen molar-refractivity contribution in [3.8, 4) is 17.4 Å². The van der Waals surface area contributed by atoms with E-state index in [1.807, 2.05) is 31.2 Å². The number of rotatable bonds is 8. The third-order valence-electron chi connectivity index (χ3n) is 4.19. The second-order valence-electron chi connectivity index (χ2n) is 6.68. The molecule has 1 aromatic heterocycles. The molecule has 3 aromatic rings. The van der Waals surface area contributed by atoms with E-state index >= 15 is 0 Å². The van der Waals surface area contributed by atoms with Crippen molar-refractivity contribution in [2.24, 2.45) is 0 Å². The predicted octanol–water partition coefficient (Wildman–Crippen LogP) is 5.14. The van der Waals surface area contributed by atoms with Gasteiger partial charge in [-0.3, -0.25) is 9.59 Å². The molecule has 5 heteroatoms. The van der Waals surface area contributed by atoms with Crippen molar-refractivity contribution in [3.05, 3.63) is 95.7 Å². The van der Waals surface area contributed by atoms with Gasteiger partial charge in [-0.25, -0.2) is 4.98 Å². The number of phenolic OH excluding ortho intramolecular Hbond substituents is 1. The number of nitrogens with zero attached hydrogens (tertiary/aromatic N) is 1. The van der Waals surface area contributed by atoms with E-state index in [-0.39, 0.29) is 23.7 Å². The molecule has 0 radical (unpaired) electrons. The zero-order valence-electron chi connectivity index (χ0n) is 16.5. The number of aromatic nitrogens is 1. The molecule has 0 unspecified atom stereocenters. The average molecular weight is 399 g/mol. The van der Waals surface area contributed by atoms with E-state index < -0.39 is 0 Å². The van der Waals surface area contributed by atoms with E-state index in [2.05, 4.69) is 4.98 Å². The van der Waals surface area contributed by atoms with Crippen molar-refractivity contribution in [3.63, 3.8) is 0 Å². The van der Waals surface area contributed by atoms with Crippen molar-refractivity contribution >= 4 is 23.7 Å². The van der Waals surface area contributed by atoms with Crippen LogP contribution in [0.2, 0.25) is 0 Å². The number of phenols is 1. The Kier molecular flexibility index (Phi) is 6.90. The van der Waals surface area contributed by atoms with Gasteiger partial charge >= 0.3 is 0 Å². The molecule has 1 N–H and O–H groups in total. The van der Waals surface area contributed by atoms with Gasteiger partial charge in [-0.1, -0.05) is 35.9 Å². The number of aromatic hydroxyl groups is 1. The molecule has 1 heterocycles. The highest BCUT2D eigenvalue weighted by atomic mass is 16.5. The highest BCUT2D eigenvalue weighted by Crippen LogP contribution is 2.24. The Balaban J connectivity index is 1.61. The van der Waals surface area contributed by atoms with Crippen LogP contribution in [0.15, 0.2) is 79.0 Å². The van der Waals surface area contributed by atoms with Crippen LogP contribution >= 0.6 is 0 Å². The molecule has 150 valence electrons. The summed E-state index contributed by atoms with van der Waals surface area (Å²) < 4.78 is 5.80. The van der Waals surface area contributed by atoms with Crippen molar-refractivity contribution in [1.29, 1.82) is 0 Å². The fourth-order valence-electron chi connectivity index (χ4n) is 2.58. The fraction of sp³-hybridized carbons (Fsp3) is 0.0800. The first-order chi connectivity index (χ1) is 14.5. The SMILES string of the molecule is Cc1ccc(Oc2ncccc2/C=C/C(=O)CC(=O)/C=C/c2ccc(O)cc2)cc1. The Labute approximate surface area is 175 Å². The zero-order chi connectivity index (χ0) is 21.3. The number of allylic oxidation sites excluding steroid dienone is 2. The van der Waals surface area contributed by atoms with Crippen LogP contribution in [0.4, 0.5) is 0 Å². The van der Waals surface area contributed by atoms with E-state index in [1.54, 1.807) is 42.6 Å². The number of carbonyl (C=O) groups is 2. The predicted molar refractivity (Wildman–Crippen MR) is 116 cm³/mol. The Hall–Kier alpha value is -3.99. The van der Waals surface area contributed by atoms with Crippen molar-refractivity contribution in [1.82, 2.24) is 4.98 Å². The number of hydrogen-bond donors (Lipinski definition) is 1. The van der Waals surface area contributed by atoms with E-state index in [4.69, 9.17) is 4.74 Å². The molecule has 0 saturated carbocycles. The van der Waals surface area contributed by atoms with Crippen LogP contribution in [-0.2, 0) is 9.59 Å². The topological polar surface area (TPSA) is 76.5 Å². The van der Waals surface area contributed by atoms with Crippen molar-refractivity contribution in [2.45, 2.75) is 13.3 Å². The van der Waals surface area contributed by atoms with Crippen LogP contribution in [0.1, 0.15) is 23.1 Å². The first-order valence-electron chi connectivity index (χ1n) is 9.40. The molecule has 0 spiro atoms. The Morgan fingerprint density at radius 1 is 0.933 bits per heavy atom. The summed E-state index contributed by atoms with van der Waals surface area (Å²) in [5, 5.41) is 9.26. The van der Waals surface area contributed by atoms with E-state index in [0.29, 0.717) is 17.2 Å². The summed E-state index contributed by atoms with van der Waals surface area (Å²) in [4.78, 5) is 28.4. The third kappa shape index (κ3) is 6.27. The zero-order valence-corrected chi connectivity index (χ0v) is 16.5. The number of aryl methyl sites for hydroxylation is 1. The highest BCUT2D eigenvalue weighted by Gasteiger charge is 2.07. The maximum Gasteiger partial charge on any atom is 0.226 e. The number of pyridine rings is 1. The van der Waals surface area contributed by atoms with E-state index in [1.165, 1.54) is 24.3 Å². The lowest BCUT2D eigenvalue weighted by Gasteiger charge is -2.07. The second kappa shape index (κ2) is 9.98. The van der Waals surface area contributed by atoms with Gasteiger partial charge in [0.1, 0.15) is 11.5 Å². The van der Waals surface area contributed by atoms with Gasteiger partial charge in [0.15, 0.2) is 11.6 Å². The lowest BCUT2D eigenvalue weighted by Crippen LogP contribution is -2.02. The molecule has 0 amide bonds. The summed E-state index contributed by atoms with van der Waals surface area (Å²) in [7, 11) is 0. The Bertz CT molecular complexity index is 1080. The molecule has 0 aliphatic heterocycles. The van der Waals surface area contributed by atoms with E-state index in [0.717, 1.165) is 11.1 Å². The molecule has 30 heavy (non-hydrogen) atoms. The standard InChI is InChI=1S/C25H21NO4/c1-18-4-14-24(15-5-18)30-25-20(3-2-16-26-25)9-13-23(29)17-22(28)12-8-19-6-10-21(27)11-7-19/h2-16,27H,17H2,1H3/b12-8+,13-9+. The van der Waals surface area contributed by atoms with Gasteiger partial charge < -0.3 is 9.84 Å². The second-order valence-corrected chi connectivity index (χ2v) is 6.68. The number of hydrogen-bond acceptors (Lipinski definition) is 5. The third-order valence-corrected chi connectivity index (χ3v) is 4.19. The molecule has 0 aliphatic rings. The number of ketones is 2. The molecule has 0 bridgehead atoms. The minimum atomic E-state index is -0.319. The normalized spacial score (nSPS) is 11.1. The lowest BCUT2D eigenvalue weighted by atomic mass is 10.1. The molecular weight excluding hydrogens is 378 g/mol. The van der Waals surface area contributed by atoms with Gasteiger partial charge in [-0.15, -0.1) is 0 Å². The average Bonchev–Trinajstić information content (AvgIpc) is 2.74. The summed E-state index contributed by atoms with van der Waals surface area (Å²) in [6.07, 6.45) is 7.28. The maximum atomic E-state index is 12.2. The van der Waals surface area contributed by atoms with Gasteiger partial charge in [0, 0.05) is 11.8 Å². The van der Waals surface area contributed by atoms with Gasteiger partial charge in [0.25, 0.3) is 0 Å². The minimum Gasteiger partial charge on any atom is -0.508 e. The van der Waals surface area contributed by atoms with Crippen LogP contribution in [0.5, 0.6) is 17.4 Å². The number of ether oxygens (including phenoxy) is 1. The number of carbonyl (C=O) groups excluding carboxylic acids is 2. The molecule has 5 nitrogen and oxygen atoms in total. The summed E-state index contributed by atoms with van der Waals surface area (Å²) >= 11 is 0. The van der Waals surface area contributed by atoms with Gasteiger partial charge in [0.05, 0.1) is 6.42 Å². The summed E-state index contributed by atoms with van der Waals surface area (Å²) in [5.74, 6) is 0.555. The quantitative estimate of drug-likeness (QED) is 0.419. The Morgan fingerprint density at radius 2 is 1.60 bits per heavy atom. The molecule has 0 atom stereocenters. The number of benzene rings is 2. The lowest BCUT2D eigenvalue weighted by molar-refractivity contribution is -0.121. The van der Waals surface area contributed by atoms with Crippen molar-refractivity contribution < 1.29 is 19.4 Å². The molecule has 0 fully saturated rings. The first kappa shape index (κ1) is 20.7. The molecule has 3 rings (SSSR count). The summed E-state index contributed by atoms with van der Waals surface area (Å²) in [5.41, 5.74) is 2.52. The van der Waals surface area contributed by atoms with Gasteiger partial charge in [-0.05, 0) is 67.1 Å². The molecular formula is C25H21NO4. The fourth-order valence-corrected chi connectivity index (χ4v) is 2.58. The highest BCUT2D eigenvalue weighted by molar-refractivity contribution is 6.10. The molecule has 0 aliphatic carbocycles. The largest absolute Gasteiger partial charge is 0.508 e. The van der Waals surface area contributed by atoms with Gasteiger partial charge in [0.2, 0.25) is 5.88 Å². The van der Waals surface area contributed by atoms with Crippen molar-refractivity contribution in [2.75, 3.05) is 0 Å². The summed E-state index contributed by atoms with van der Waals surface area (Å²) in [6, 6.07) is 17.5. The molecule has 2 aromatic carbocycles. The maximum absolute atomic E-state index is 12.2. The molecule has 0 saturated heterocycles. The van der Waals surface area contributed by atoms with Crippen LogP contribution in [0.3, 0.4) is 0 Å².